The summed E-state index contributed by atoms with van der Waals surface area (Å²) in [6, 6.07) is 6.56. The molecule has 0 spiro atoms. The predicted octanol–water partition coefficient (Wildman–Crippen LogP) is 2.31. The fourth-order valence-corrected chi connectivity index (χ4v) is 7.04. The van der Waals surface area contributed by atoms with Gasteiger partial charge in [-0.1, -0.05) is 29.3 Å². The van der Waals surface area contributed by atoms with Crippen LogP contribution in [0, 0.1) is 25.7 Å². The lowest BCUT2D eigenvalue weighted by Crippen LogP contribution is -2.65. The highest BCUT2D eigenvalue weighted by Crippen LogP contribution is 2.55. The second-order valence-corrected chi connectivity index (χ2v) is 11.9. The Morgan fingerprint density at radius 1 is 1.00 bits per heavy atom. The summed E-state index contributed by atoms with van der Waals surface area (Å²) in [7, 11) is 6.83. The minimum Gasteiger partial charge on any atom is -0.508 e. The van der Waals surface area contributed by atoms with Gasteiger partial charge < -0.3 is 31.1 Å². The van der Waals surface area contributed by atoms with Crippen LogP contribution in [0.2, 0.25) is 0 Å². The van der Waals surface area contributed by atoms with Gasteiger partial charge in [0, 0.05) is 36.8 Å². The number of hydrogen-bond donors (Lipinski definition) is 5. The predicted molar refractivity (Wildman–Crippen MR) is 153 cm³/mol. The minimum atomic E-state index is -2.67. The maximum Gasteiger partial charge on any atom is 0.255 e. The number of rotatable bonds is 4. The Bertz CT molecular complexity index is 1580. The molecule has 216 valence electrons. The van der Waals surface area contributed by atoms with Gasteiger partial charge in [-0.2, -0.15) is 0 Å². The first kappa shape index (κ1) is 28.4. The number of ketones is 2. The fraction of sp³-hybridized carbons (Fsp3) is 0.387. The number of anilines is 1. The van der Waals surface area contributed by atoms with Crippen molar-refractivity contribution in [1.29, 1.82) is 0 Å². The molecule has 0 aliphatic heterocycles. The zero-order valence-corrected chi connectivity index (χ0v) is 23.9. The molecule has 1 fully saturated rings. The van der Waals surface area contributed by atoms with Gasteiger partial charge in [-0.15, -0.1) is 0 Å². The standard InChI is InChI=1S/C31H35N3O7/c1-13-7-14(2)9-15(8-13)17-12-20(33(3)4)18-10-16-11-19-24(34(5)6)27(37)23(30(32)40)29(39)31(19,41)28(38)21(16)26(36)22(18)25(17)35/h7-9,12,16,19,24,35-36,39,41H,10-11H2,1-6H3,(H2,32,40)/t16?,19?,24-,31-/m0/s1. The van der Waals surface area contributed by atoms with E-state index in [4.69, 9.17) is 5.73 Å². The first-order chi connectivity index (χ1) is 19.1. The Balaban J connectivity index is 1.78. The zero-order chi connectivity index (χ0) is 30.3. The molecule has 3 aliphatic rings. The first-order valence-electron chi connectivity index (χ1n) is 13.4. The second kappa shape index (κ2) is 9.46. The van der Waals surface area contributed by atoms with Gasteiger partial charge in [-0.3, -0.25) is 19.3 Å². The summed E-state index contributed by atoms with van der Waals surface area (Å²) in [6.07, 6.45) is 0.265. The van der Waals surface area contributed by atoms with Crippen LogP contribution >= 0.6 is 0 Å². The number of nitrogens with two attached hydrogens (primary N) is 1. The van der Waals surface area contributed by atoms with Crippen LogP contribution in [-0.2, 0) is 20.8 Å². The van der Waals surface area contributed by atoms with E-state index in [1.807, 2.05) is 57.1 Å². The minimum absolute atomic E-state index is 0.0399. The normalized spacial score (nSPS) is 25.7. The van der Waals surface area contributed by atoms with Gasteiger partial charge in [0.2, 0.25) is 5.78 Å². The van der Waals surface area contributed by atoms with Crippen molar-refractivity contribution in [2.45, 2.75) is 38.3 Å². The number of aliphatic hydroxyl groups excluding tert-OH is 2. The van der Waals surface area contributed by atoms with Crippen LogP contribution in [0.3, 0.4) is 0 Å². The van der Waals surface area contributed by atoms with Gasteiger partial charge in [0.05, 0.1) is 11.6 Å². The number of nitrogens with zero attached hydrogens (tertiary/aromatic N) is 2. The number of amides is 1. The van der Waals surface area contributed by atoms with Crippen molar-refractivity contribution in [3.05, 3.63) is 63.4 Å². The number of Topliss-reactive ketones (excluding diaryl/α,β-unsaturated/α-hetero) is 2. The zero-order valence-electron chi connectivity index (χ0n) is 23.9. The van der Waals surface area contributed by atoms with E-state index in [0.29, 0.717) is 11.1 Å². The van der Waals surface area contributed by atoms with Gasteiger partial charge in [-0.25, -0.2) is 0 Å². The summed E-state index contributed by atoms with van der Waals surface area (Å²) in [5.74, 6) is -6.65. The van der Waals surface area contributed by atoms with E-state index in [2.05, 4.69) is 0 Å². The highest BCUT2D eigenvalue weighted by atomic mass is 16.3. The van der Waals surface area contributed by atoms with E-state index in [1.165, 1.54) is 4.90 Å². The topological polar surface area (TPSA) is 165 Å². The van der Waals surface area contributed by atoms with E-state index in [1.54, 1.807) is 14.1 Å². The van der Waals surface area contributed by atoms with Crippen molar-refractivity contribution in [2.24, 2.45) is 17.6 Å². The molecule has 0 aromatic heterocycles. The number of likely N-dealkylation sites (N-methyl/N-ethyl adjacent to an activating group) is 1. The number of fused-ring (bicyclic) bond motifs is 3. The number of benzene rings is 2. The number of aryl methyl sites for hydroxylation is 2. The average molecular weight is 562 g/mol. The molecular formula is C31H35N3O7. The molecule has 10 heteroatoms. The molecule has 4 atom stereocenters. The van der Waals surface area contributed by atoms with Gasteiger partial charge in [0.15, 0.2) is 11.4 Å². The maximum absolute atomic E-state index is 14.1. The highest BCUT2D eigenvalue weighted by Gasteiger charge is 2.64. The Hall–Kier alpha value is -4.15. The van der Waals surface area contributed by atoms with Crippen molar-refractivity contribution in [3.8, 4) is 16.9 Å². The molecular weight excluding hydrogens is 526 g/mol. The van der Waals surface area contributed by atoms with E-state index in [-0.39, 0.29) is 29.7 Å². The molecule has 10 nitrogen and oxygen atoms in total. The molecule has 3 aliphatic carbocycles. The Labute approximate surface area is 238 Å². The smallest absolute Gasteiger partial charge is 0.255 e. The molecule has 1 amide bonds. The molecule has 0 bridgehead atoms. The fourth-order valence-electron chi connectivity index (χ4n) is 7.04. The molecule has 1 saturated carbocycles. The molecule has 41 heavy (non-hydrogen) atoms. The lowest BCUT2D eigenvalue weighted by molar-refractivity contribution is -0.153. The third kappa shape index (κ3) is 3.96. The monoisotopic (exact) mass is 561 g/mol. The number of carbonyl (C=O) groups excluding carboxylic acids is 3. The van der Waals surface area contributed by atoms with E-state index in [9.17, 15) is 34.8 Å². The van der Waals surface area contributed by atoms with Crippen LogP contribution in [0.15, 0.2) is 41.2 Å². The quantitative estimate of drug-likeness (QED) is 0.352. The summed E-state index contributed by atoms with van der Waals surface area (Å²) in [6.45, 7) is 3.88. The van der Waals surface area contributed by atoms with E-state index < -0.39 is 58.0 Å². The molecule has 0 heterocycles. The summed E-state index contributed by atoms with van der Waals surface area (Å²) < 4.78 is 0. The first-order valence-corrected chi connectivity index (χ1v) is 13.4. The van der Waals surface area contributed by atoms with Crippen molar-refractivity contribution < 1.29 is 34.8 Å². The molecule has 2 aromatic carbocycles. The molecule has 2 unspecified atom stereocenters. The van der Waals surface area contributed by atoms with Crippen LogP contribution in [0.1, 0.15) is 28.7 Å². The second-order valence-electron chi connectivity index (χ2n) is 11.9. The number of hydrogen-bond acceptors (Lipinski definition) is 9. The maximum atomic E-state index is 14.1. The summed E-state index contributed by atoms with van der Waals surface area (Å²) in [5, 5.41) is 46.1. The third-order valence-electron chi connectivity index (χ3n) is 8.71. The highest BCUT2D eigenvalue weighted by molar-refractivity contribution is 6.24. The number of aliphatic hydroxyl groups is 3. The molecule has 0 saturated heterocycles. The Kier molecular flexibility index (Phi) is 6.55. The lowest BCUT2D eigenvalue weighted by atomic mass is 9.57. The van der Waals surface area contributed by atoms with Crippen LogP contribution in [0.5, 0.6) is 5.75 Å². The molecule has 6 N–H and O–H groups in total. The van der Waals surface area contributed by atoms with Gasteiger partial charge in [0.25, 0.3) is 5.91 Å². The lowest BCUT2D eigenvalue weighted by Gasteiger charge is -2.50. The number of aromatic hydroxyl groups is 1. The Morgan fingerprint density at radius 3 is 2.15 bits per heavy atom. The Morgan fingerprint density at radius 2 is 1.61 bits per heavy atom. The average Bonchev–Trinajstić information content (AvgIpc) is 2.85. The van der Waals surface area contributed by atoms with Gasteiger partial charge >= 0.3 is 0 Å². The van der Waals surface area contributed by atoms with E-state index in [0.717, 1.165) is 22.4 Å². The molecule has 2 aromatic rings. The van der Waals surface area contributed by atoms with Gasteiger partial charge in [-0.05, 0) is 63.9 Å². The largest absolute Gasteiger partial charge is 0.508 e. The van der Waals surface area contributed by atoms with Crippen molar-refractivity contribution in [2.75, 3.05) is 33.1 Å². The number of primary amides is 1. The molecule has 0 radical (unpaired) electrons. The van der Waals surface area contributed by atoms with Crippen molar-refractivity contribution in [3.63, 3.8) is 0 Å². The van der Waals surface area contributed by atoms with Crippen molar-refractivity contribution >= 4 is 28.9 Å². The SMILES string of the molecule is Cc1cc(C)cc(-c2cc(N(C)C)c3c(c2O)C(O)=C2C(=O)[C@]4(O)C(O)=C(C(N)=O)C(=O)[C@@H](N(C)C)C4CC2C3)c1. The summed E-state index contributed by atoms with van der Waals surface area (Å²) >= 11 is 0. The van der Waals surface area contributed by atoms with Crippen LogP contribution < -0.4 is 10.6 Å². The van der Waals surface area contributed by atoms with Crippen LogP contribution in [0.4, 0.5) is 5.69 Å². The number of phenols is 1. The number of carbonyl (C=O) groups is 3. The van der Waals surface area contributed by atoms with Crippen LogP contribution in [0.25, 0.3) is 16.9 Å². The van der Waals surface area contributed by atoms with Crippen molar-refractivity contribution in [1.82, 2.24) is 4.90 Å². The third-order valence-corrected chi connectivity index (χ3v) is 8.71. The summed E-state index contributed by atoms with van der Waals surface area (Å²) in [4.78, 5) is 42.9. The van der Waals surface area contributed by atoms with E-state index >= 15 is 0 Å². The number of phenolic OH excluding ortho intramolecular Hbond substituents is 1. The van der Waals surface area contributed by atoms with Gasteiger partial charge in [0.1, 0.15) is 22.8 Å². The van der Waals surface area contributed by atoms with Crippen LogP contribution in [-0.4, -0.2) is 82.6 Å². The summed E-state index contributed by atoms with van der Waals surface area (Å²) in [5.41, 5.74) is 6.29. The molecule has 5 rings (SSSR count).